The van der Waals surface area contributed by atoms with Gasteiger partial charge in [-0.25, -0.2) is 12.8 Å². The van der Waals surface area contributed by atoms with Gasteiger partial charge >= 0.3 is 0 Å². The van der Waals surface area contributed by atoms with Crippen molar-refractivity contribution < 1.29 is 12.8 Å². The van der Waals surface area contributed by atoms with Crippen molar-refractivity contribution in [3.05, 3.63) is 59.2 Å². The lowest BCUT2D eigenvalue weighted by molar-refractivity contribution is 0.590. The maximum Gasteiger partial charge on any atom is 0.239 e. The molecule has 6 heteroatoms. The number of halogens is 1. The van der Waals surface area contributed by atoms with E-state index < -0.39 is 10.0 Å². The normalized spacial score (nSPS) is 14.3. The van der Waals surface area contributed by atoms with Crippen LogP contribution in [0.4, 0.5) is 10.1 Å². The van der Waals surface area contributed by atoms with Crippen LogP contribution >= 0.6 is 0 Å². The first kappa shape index (κ1) is 14.0. The molecule has 0 fully saturated rings. The second-order valence-electron chi connectivity index (χ2n) is 5.17. The predicted octanol–water partition coefficient (Wildman–Crippen LogP) is 2.42. The molecule has 0 unspecified atom stereocenters. The number of rotatable bonds is 3. The Bertz CT molecular complexity index is 790. The number of hydrogen-bond acceptors (Lipinski definition) is 3. The van der Waals surface area contributed by atoms with Gasteiger partial charge in [-0.15, -0.1) is 0 Å². The number of hydrogen-bond donors (Lipinski definition) is 0. The van der Waals surface area contributed by atoms with Gasteiger partial charge in [-0.05, 0) is 42.2 Å². The number of aromatic nitrogens is 1. The van der Waals surface area contributed by atoms with Crippen molar-refractivity contribution in [1.82, 2.24) is 4.98 Å². The van der Waals surface area contributed by atoms with E-state index in [2.05, 4.69) is 4.98 Å². The van der Waals surface area contributed by atoms with E-state index in [1.54, 1.807) is 37.5 Å². The number of benzene rings is 1. The summed E-state index contributed by atoms with van der Waals surface area (Å²) in [5.41, 5.74) is 2.57. The van der Waals surface area contributed by atoms with Crippen molar-refractivity contribution in [2.45, 2.75) is 19.1 Å². The van der Waals surface area contributed by atoms with E-state index >= 15 is 0 Å². The molecule has 0 saturated heterocycles. The Balaban J connectivity index is 1.90. The fourth-order valence-electron chi connectivity index (χ4n) is 2.50. The van der Waals surface area contributed by atoms with Crippen LogP contribution in [-0.2, 0) is 22.2 Å². The average Bonchev–Trinajstić information content (AvgIpc) is 2.87. The number of aryl methyl sites for hydroxylation is 1. The minimum Gasteiger partial charge on any atom is -0.269 e. The highest BCUT2D eigenvalue weighted by molar-refractivity contribution is 7.92. The van der Waals surface area contributed by atoms with Crippen molar-refractivity contribution in [3.8, 4) is 0 Å². The summed E-state index contributed by atoms with van der Waals surface area (Å²) in [6.45, 7) is 2.06. The molecule has 1 aromatic carbocycles. The number of anilines is 1. The molecular weight excluding hydrogens is 291 g/mol. The molecule has 1 aliphatic rings. The standard InChI is InChI=1S/C15H15FN2O2S/c1-11-2-3-12(8-14(11)16)10-21(19,20)18-7-5-13-9-17-6-4-15(13)18/h2-4,6,8-9H,5,7,10H2,1H3. The minimum atomic E-state index is -3.52. The van der Waals surface area contributed by atoms with E-state index in [4.69, 9.17) is 0 Å². The lowest BCUT2D eigenvalue weighted by atomic mass is 10.2. The van der Waals surface area contributed by atoms with Crippen LogP contribution in [0.25, 0.3) is 0 Å². The molecule has 1 aliphatic heterocycles. The molecule has 0 aliphatic carbocycles. The van der Waals surface area contributed by atoms with E-state index in [0.717, 1.165) is 5.56 Å². The van der Waals surface area contributed by atoms with Crippen LogP contribution in [0.2, 0.25) is 0 Å². The van der Waals surface area contributed by atoms with Gasteiger partial charge in [-0.3, -0.25) is 9.29 Å². The lowest BCUT2D eigenvalue weighted by Gasteiger charge is -2.19. The average molecular weight is 306 g/mol. The van der Waals surface area contributed by atoms with Crippen LogP contribution < -0.4 is 4.31 Å². The van der Waals surface area contributed by atoms with Crippen molar-refractivity contribution in [1.29, 1.82) is 0 Å². The van der Waals surface area contributed by atoms with E-state index in [9.17, 15) is 12.8 Å². The summed E-state index contributed by atoms with van der Waals surface area (Å²) < 4.78 is 40.0. The second kappa shape index (κ2) is 5.11. The number of fused-ring (bicyclic) bond motifs is 1. The third-order valence-corrected chi connectivity index (χ3v) is 5.40. The zero-order chi connectivity index (χ0) is 15.0. The fraction of sp³-hybridized carbons (Fsp3) is 0.267. The molecule has 110 valence electrons. The molecule has 0 radical (unpaired) electrons. The first-order chi connectivity index (χ1) is 9.97. The smallest absolute Gasteiger partial charge is 0.239 e. The highest BCUT2D eigenvalue weighted by Gasteiger charge is 2.29. The Morgan fingerprint density at radius 3 is 2.90 bits per heavy atom. The Hall–Kier alpha value is -1.95. The minimum absolute atomic E-state index is 0.202. The number of sulfonamides is 1. The second-order valence-corrected chi connectivity index (χ2v) is 7.06. The van der Waals surface area contributed by atoms with Gasteiger partial charge in [0.05, 0.1) is 11.4 Å². The van der Waals surface area contributed by atoms with E-state index in [-0.39, 0.29) is 11.6 Å². The molecule has 0 saturated carbocycles. The first-order valence-corrected chi connectivity index (χ1v) is 8.26. The van der Waals surface area contributed by atoms with Crippen LogP contribution in [-0.4, -0.2) is 19.9 Å². The molecule has 3 rings (SSSR count). The Kier molecular flexibility index (Phi) is 3.41. The van der Waals surface area contributed by atoms with Crippen LogP contribution in [0.1, 0.15) is 16.7 Å². The zero-order valence-electron chi connectivity index (χ0n) is 11.6. The van der Waals surface area contributed by atoms with Gasteiger partial charge in [0.15, 0.2) is 0 Å². The topological polar surface area (TPSA) is 50.3 Å². The Labute approximate surface area is 123 Å². The monoisotopic (exact) mass is 306 g/mol. The maximum atomic E-state index is 13.6. The molecule has 0 bridgehead atoms. The highest BCUT2D eigenvalue weighted by Crippen LogP contribution is 2.30. The van der Waals surface area contributed by atoms with Crippen LogP contribution in [0.15, 0.2) is 36.7 Å². The summed E-state index contributed by atoms with van der Waals surface area (Å²) in [6, 6.07) is 6.24. The molecule has 0 atom stereocenters. The Morgan fingerprint density at radius 1 is 1.33 bits per heavy atom. The van der Waals surface area contributed by atoms with Gasteiger partial charge in [-0.1, -0.05) is 12.1 Å². The summed E-state index contributed by atoms with van der Waals surface area (Å²) in [4.78, 5) is 4.01. The van der Waals surface area contributed by atoms with E-state index in [1.165, 1.54) is 10.4 Å². The summed E-state index contributed by atoms with van der Waals surface area (Å²) in [5, 5.41) is 0. The maximum absolute atomic E-state index is 13.6. The number of nitrogens with zero attached hydrogens (tertiary/aromatic N) is 2. The third kappa shape index (κ3) is 2.63. The van der Waals surface area contributed by atoms with Gasteiger partial charge in [-0.2, -0.15) is 0 Å². The summed E-state index contributed by atoms with van der Waals surface area (Å²) in [6.07, 6.45) is 3.93. The molecule has 21 heavy (non-hydrogen) atoms. The van der Waals surface area contributed by atoms with Crippen molar-refractivity contribution >= 4 is 15.7 Å². The van der Waals surface area contributed by atoms with Crippen molar-refractivity contribution in [2.75, 3.05) is 10.8 Å². The van der Waals surface area contributed by atoms with Gasteiger partial charge < -0.3 is 0 Å². The van der Waals surface area contributed by atoms with Crippen LogP contribution in [0.5, 0.6) is 0 Å². The van der Waals surface area contributed by atoms with Gasteiger partial charge in [0.2, 0.25) is 10.0 Å². The summed E-state index contributed by atoms with van der Waals surface area (Å²) >= 11 is 0. The van der Waals surface area contributed by atoms with E-state index in [1.807, 2.05) is 0 Å². The lowest BCUT2D eigenvalue weighted by Crippen LogP contribution is -2.30. The SMILES string of the molecule is Cc1ccc(CS(=O)(=O)N2CCc3cnccc32)cc1F. The molecule has 0 amide bonds. The largest absolute Gasteiger partial charge is 0.269 e. The quantitative estimate of drug-likeness (QED) is 0.875. The van der Waals surface area contributed by atoms with Gasteiger partial charge in [0.25, 0.3) is 0 Å². The summed E-state index contributed by atoms with van der Waals surface area (Å²) in [5.74, 6) is -0.583. The van der Waals surface area contributed by atoms with Crippen LogP contribution in [0, 0.1) is 12.7 Å². The third-order valence-electron chi connectivity index (χ3n) is 3.65. The van der Waals surface area contributed by atoms with Crippen LogP contribution in [0.3, 0.4) is 0 Å². The molecule has 1 aromatic heterocycles. The fourth-order valence-corrected chi connectivity index (χ4v) is 4.11. The first-order valence-electron chi connectivity index (χ1n) is 6.66. The molecular formula is C15H15FN2O2S. The highest BCUT2D eigenvalue weighted by atomic mass is 32.2. The Morgan fingerprint density at radius 2 is 2.14 bits per heavy atom. The van der Waals surface area contributed by atoms with Gasteiger partial charge in [0.1, 0.15) is 5.82 Å². The molecule has 0 N–H and O–H groups in total. The van der Waals surface area contributed by atoms with Gasteiger partial charge in [0, 0.05) is 18.9 Å². The van der Waals surface area contributed by atoms with E-state index in [0.29, 0.717) is 29.8 Å². The molecule has 0 spiro atoms. The summed E-state index contributed by atoms with van der Waals surface area (Å²) in [7, 11) is -3.52. The zero-order valence-corrected chi connectivity index (χ0v) is 12.4. The predicted molar refractivity (Wildman–Crippen MR) is 79.0 cm³/mol. The number of pyridine rings is 1. The van der Waals surface area contributed by atoms with Crippen molar-refractivity contribution in [2.24, 2.45) is 0 Å². The molecule has 2 aromatic rings. The molecule has 4 nitrogen and oxygen atoms in total. The van der Waals surface area contributed by atoms with Crippen molar-refractivity contribution in [3.63, 3.8) is 0 Å². The molecule has 2 heterocycles.